The van der Waals surface area contributed by atoms with Crippen molar-refractivity contribution in [3.63, 3.8) is 0 Å². The van der Waals surface area contributed by atoms with E-state index < -0.39 is 0 Å². The van der Waals surface area contributed by atoms with Crippen LogP contribution in [-0.2, 0) is 0 Å². The second kappa shape index (κ2) is 6.98. The monoisotopic (exact) mass is 397 g/mol. The summed E-state index contributed by atoms with van der Waals surface area (Å²) >= 11 is 9.30. The molecule has 1 amide bonds. The lowest BCUT2D eigenvalue weighted by atomic mass is 10.1. The van der Waals surface area contributed by atoms with E-state index in [1.807, 2.05) is 11.6 Å². The molecule has 0 unspecified atom stereocenters. The first-order valence-corrected chi connectivity index (χ1v) is 8.62. The zero-order chi connectivity index (χ0) is 16.4. The SMILES string of the molecule is Cc1c(C(=O)Nc2ccc(Cl)c(Br)c2)nnn1C1CCNCC1. The predicted octanol–water partition coefficient (Wildman–Crippen LogP) is 3.18. The summed E-state index contributed by atoms with van der Waals surface area (Å²) in [4.78, 5) is 12.4. The van der Waals surface area contributed by atoms with E-state index in [0.717, 1.165) is 36.1 Å². The maximum absolute atomic E-state index is 12.4. The predicted molar refractivity (Wildman–Crippen MR) is 93.0 cm³/mol. The third kappa shape index (κ3) is 3.57. The first-order chi connectivity index (χ1) is 11.1. The van der Waals surface area contributed by atoms with E-state index in [4.69, 9.17) is 11.6 Å². The van der Waals surface area contributed by atoms with Gasteiger partial charge in [-0.1, -0.05) is 16.8 Å². The molecule has 122 valence electrons. The third-order valence-corrected chi connectivity index (χ3v) is 5.19. The number of halogens is 2. The summed E-state index contributed by atoms with van der Waals surface area (Å²) in [6, 6.07) is 5.53. The summed E-state index contributed by atoms with van der Waals surface area (Å²) in [6.45, 7) is 3.81. The van der Waals surface area contributed by atoms with Gasteiger partial charge < -0.3 is 10.6 Å². The average Bonchev–Trinajstić information content (AvgIpc) is 2.93. The molecule has 1 aliphatic heterocycles. The molecule has 1 aromatic carbocycles. The number of piperidine rings is 1. The number of benzene rings is 1. The lowest BCUT2D eigenvalue weighted by Gasteiger charge is -2.23. The van der Waals surface area contributed by atoms with Crippen LogP contribution in [0.4, 0.5) is 5.69 Å². The number of carbonyl (C=O) groups excluding carboxylic acids is 1. The van der Waals surface area contributed by atoms with Gasteiger partial charge in [0.1, 0.15) is 0 Å². The largest absolute Gasteiger partial charge is 0.320 e. The molecule has 1 aliphatic rings. The molecule has 1 saturated heterocycles. The quantitative estimate of drug-likeness (QED) is 0.833. The Kier molecular flexibility index (Phi) is 4.99. The van der Waals surface area contributed by atoms with E-state index in [1.54, 1.807) is 18.2 Å². The van der Waals surface area contributed by atoms with Gasteiger partial charge in [-0.15, -0.1) is 5.10 Å². The lowest BCUT2D eigenvalue weighted by Crippen LogP contribution is -2.30. The molecular formula is C15H17BrClN5O. The number of hydrogen-bond acceptors (Lipinski definition) is 4. The van der Waals surface area contributed by atoms with Gasteiger partial charge in [0.25, 0.3) is 5.91 Å². The fraction of sp³-hybridized carbons (Fsp3) is 0.400. The molecule has 2 N–H and O–H groups in total. The van der Waals surface area contributed by atoms with Crippen LogP contribution in [0.25, 0.3) is 0 Å². The van der Waals surface area contributed by atoms with Crippen LogP contribution in [-0.4, -0.2) is 34.0 Å². The van der Waals surface area contributed by atoms with Crippen LogP contribution in [0.3, 0.4) is 0 Å². The molecule has 0 spiro atoms. The Morgan fingerprint density at radius 3 is 2.87 bits per heavy atom. The molecule has 2 heterocycles. The summed E-state index contributed by atoms with van der Waals surface area (Å²) in [5.41, 5.74) is 1.80. The smallest absolute Gasteiger partial charge is 0.278 e. The molecule has 8 heteroatoms. The van der Waals surface area contributed by atoms with Crippen LogP contribution >= 0.6 is 27.5 Å². The highest BCUT2D eigenvalue weighted by atomic mass is 79.9. The first kappa shape index (κ1) is 16.4. The summed E-state index contributed by atoms with van der Waals surface area (Å²) in [5.74, 6) is -0.267. The van der Waals surface area contributed by atoms with Gasteiger partial charge in [-0.3, -0.25) is 4.79 Å². The number of nitrogens with zero attached hydrogens (tertiary/aromatic N) is 3. The molecule has 0 radical (unpaired) electrons. The maximum atomic E-state index is 12.4. The van der Waals surface area contributed by atoms with Crippen LogP contribution in [0.2, 0.25) is 5.02 Å². The lowest BCUT2D eigenvalue weighted by molar-refractivity contribution is 0.102. The molecule has 23 heavy (non-hydrogen) atoms. The van der Waals surface area contributed by atoms with Crippen molar-refractivity contribution in [3.05, 3.63) is 39.1 Å². The van der Waals surface area contributed by atoms with Crippen LogP contribution in [0, 0.1) is 6.92 Å². The van der Waals surface area contributed by atoms with Crippen LogP contribution in [0.5, 0.6) is 0 Å². The molecule has 0 aliphatic carbocycles. The van der Waals surface area contributed by atoms with Crippen LogP contribution in [0.15, 0.2) is 22.7 Å². The van der Waals surface area contributed by atoms with Gasteiger partial charge in [-0.2, -0.15) is 0 Å². The Morgan fingerprint density at radius 1 is 1.43 bits per heavy atom. The van der Waals surface area contributed by atoms with Crippen LogP contribution in [0.1, 0.15) is 35.1 Å². The van der Waals surface area contributed by atoms with E-state index in [-0.39, 0.29) is 5.91 Å². The minimum Gasteiger partial charge on any atom is -0.320 e. The Hall–Kier alpha value is -1.44. The van der Waals surface area contributed by atoms with Crippen molar-refractivity contribution < 1.29 is 4.79 Å². The van der Waals surface area contributed by atoms with Gasteiger partial charge in [-0.05, 0) is 67.0 Å². The second-order valence-corrected chi connectivity index (χ2v) is 6.79. The molecule has 0 atom stereocenters. The molecule has 0 saturated carbocycles. The highest BCUT2D eigenvalue weighted by molar-refractivity contribution is 9.10. The molecular weight excluding hydrogens is 382 g/mol. The Balaban J connectivity index is 1.77. The number of carbonyl (C=O) groups is 1. The fourth-order valence-corrected chi connectivity index (χ4v) is 3.21. The van der Waals surface area contributed by atoms with E-state index >= 15 is 0 Å². The number of amides is 1. The van der Waals surface area contributed by atoms with Crippen molar-refractivity contribution in [2.24, 2.45) is 0 Å². The molecule has 1 fully saturated rings. The Morgan fingerprint density at radius 2 is 2.17 bits per heavy atom. The minimum atomic E-state index is -0.267. The second-order valence-electron chi connectivity index (χ2n) is 5.53. The maximum Gasteiger partial charge on any atom is 0.278 e. The van der Waals surface area contributed by atoms with Crippen molar-refractivity contribution in [1.82, 2.24) is 20.3 Å². The van der Waals surface area contributed by atoms with E-state index in [2.05, 4.69) is 36.9 Å². The van der Waals surface area contributed by atoms with Gasteiger partial charge in [0, 0.05) is 10.2 Å². The molecule has 6 nitrogen and oxygen atoms in total. The summed E-state index contributed by atoms with van der Waals surface area (Å²) in [5, 5.41) is 15.0. The molecule has 2 aromatic rings. The van der Waals surface area contributed by atoms with Gasteiger partial charge in [0.2, 0.25) is 0 Å². The van der Waals surface area contributed by atoms with Gasteiger partial charge in [0.05, 0.1) is 16.8 Å². The standard InChI is InChI=1S/C15H17BrClN5O/c1-9-14(20-21-22(9)11-4-6-18-7-5-11)15(23)19-10-2-3-13(17)12(16)8-10/h2-3,8,11,18H,4-7H2,1H3,(H,19,23). The summed E-state index contributed by atoms with van der Waals surface area (Å²) < 4.78 is 2.60. The van der Waals surface area contributed by atoms with Crippen molar-refractivity contribution in [1.29, 1.82) is 0 Å². The summed E-state index contributed by atoms with van der Waals surface area (Å²) in [7, 11) is 0. The fourth-order valence-electron chi connectivity index (χ4n) is 2.71. The van der Waals surface area contributed by atoms with Crippen LogP contribution < -0.4 is 10.6 Å². The first-order valence-electron chi connectivity index (χ1n) is 7.45. The Bertz CT molecular complexity index is 727. The zero-order valence-electron chi connectivity index (χ0n) is 12.6. The number of rotatable bonds is 3. The van der Waals surface area contributed by atoms with Gasteiger partial charge in [-0.25, -0.2) is 4.68 Å². The summed E-state index contributed by atoms with van der Waals surface area (Å²) in [6.07, 6.45) is 1.99. The van der Waals surface area contributed by atoms with Crippen molar-refractivity contribution in [3.8, 4) is 0 Å². The van der Waals surface area contributed by atoms with Crippen molar-refractivity contribution in [2.45, 2.75) is 25.8 Å². The van der Waals surface area contributed by atoms with E-state index in [0.29, 0.717) is 22.4 Å². The van der Waals surface area contributed by atoms with Crippen molar-refractivity contribution in [2.75, 3.05) is 18.4 Å². The van der Waals surface area contributed by atoms with E-state index in [1.165, 1.54) is 0 Å². The number of nitrogens with one attached hydrogen (secondary N) is 2. The highest BCUT2D eigenvalue weighted by Crippen LogP contribution is 2.26. The van der Waals surface area contributed by atoms with Gasteiger partial charge >= 0.3 is 0 Å². The molecule has 3 rings (SSSR count). The third-order valence-electron chi connectivity index (χ3n) is 3.97. The number of aromatic nitrogens is 3. The topological polar surface area (TPSA) is 71.8 Å². The zero-order valence-corrected chi connectivity index (χ0v) is 15.0. The normalized spacial score (nSPS) is 15.6. The minimum absolute atomic E-state index is 0.267. The average molecular weight is 399 g/mol. The van der Waals surface area contributed by atoms with E-state index in [9.17, 15) is 4.79 Å². The highest BCUT2D eigenvalue weighted by Gasteiger charge is 2.23. The number of anilines is 1. The molecule has 0 bridgehead atoms. The molecule has 1 aromatic heterocycles. The van der Waals surface area contributed by atoms with Crippen molar-refractivity contribution >= 4 is 39.1 Å². The number of hydrogen-bond donors (Lipinski definition) is 2. The van der Waals surface area contributed by atoms with Gasteiger partial charge in [0.15, 0.2) is 5.69 Å². The Labute approximate surface area is 147 Å².